The minimum atomic E-state index is -1.95. The van der Waals surface area contributed by atoms with Crippen LogP contribution in [0.4, 0.5) is 0 Å². The fraction of sp³-hybridized carbons (Fsp3) is 0. The minimum Gasteiger partial charge on any atom is -0.0892 e. The molecule has 2 heteroatoms. The summed E-state index contributed by atoms with van der Waals surface area (Å²) in [5.41, 5.74) is 0. The van der Waals surface area contributed by atoms with Crippen LogP contribution in [-0.4, -0.2) is 12.6 Å². The lowest BCUT2D eigenvalue weighted by Gasteiger charge is -2.26. The maximum atomic E-state index is 4.81. The van der Waals surface area contributed by atoms with Gasteiger partial charge in [-0.15, -0.1) is 0 Å². The molecule has 0 saturated heterocycles. The first-order valence-electron chi connectivity index (χ1n) is 10.0. The summed E-state index contributed by atoms with van der Waals surface area (Å²) >= 11 is 0. The molecular weight excluding hydrogens is 398 g/mol. The molecule has 4 aromatic carbocycles. The third kappa shape index (κ3) is 4.08. The first-order chi connectivity index (χ1) is 14.6. The highest BCUT2D eigenvalue weighted by atomic mass is 31.2. The molecule has 30 heavy (non-hydrogen) atoms. The van der Waals surface area contributed by atoms with Crippen LogP contribution in [0, 0.1) is 0 Å². The molecule has 0 aliphatic rings. The van der Waals surface area contributed by atoms with Crippen molar-refractivity contribution in [3.8, 4) is 0 Å². The van der Waals surface area contributed by atoms with Crippen molar-refractivity contribution < 1.29 is 0 Å². The van der Waals surface area contributed by atoms with Crippen LogP contribution in [0.2, 0.25) is 0 Å². The van der Waals surface area contributed by atoms with Gasteiger partial charge in [-0.2, -0.15) is 0 Å². The third-order valence-electron chi connectivity index (χ3n) is 5.44. The van der Waals surface area contributed by atoms with Crippen LogP contribution in [0.3, 0.4) is 0 Å². The summed E-state index contributed by atoms with van der Waals surface area (Å²) in [4.78, 5) is 0. The van der Waals surface area contributed by atoms with Crippen LogP contribution < -0.4 is 21.2 Å². The quantitative estimate of drug-likeness (QED) is 0.351. The molecule has 0 N–H and O–H groups in total. The van der Waals surface area contributed by atoms with Gasteiger partial charge >= 0.3 is 0 Å². The molecular formula is C28H26P2. The summed E-state index contributed by atoms with van der Waals surface area (Å²) in [6.45, 7) is -3.91. The topological polar surface area (TPSA) is 0 Å². The predicted molar refractivity (Wildman–Crippen MR) is 142 cm³/mol. The van der Waals surface area contributed by atoms with Crippen molar-refractivity contribution >= 4 is 47.6 Å². The van der Waals surface area contributed by atoms with Crippen LogP contribution in [0.15, 0.2) is 133 Å². The van der Waals surface area contributed by atoms with Crippen molar-refractivity contribution in [3.05, 3.63) is 133 Å². The number of benzene rings is 4. The average molecular weight is 424 g/mol. The molecule has 0 aliphatic carbocycles. The molecule has 4 aromatic rings. The van der Waals surface area contributed by atoms with Gasteiger partial charge in [0.2, 0.25) is 0 Å². The summed E-state index contributed by atoms with van der Waals surface area (Å²) in [5.74, 6) is 4.75. The maximum Gasteiger partial charge on any atom is -0.0171 e. The Kier molecular flexibility index (Phi) is 6.10. The van der Waals surface area contributed by atoms with Gasteiger partial charge in [0, 0.05) is 0 Å². The van der Waals surface area contributed by atoms with E-state index in [1.807, 2.05) is 0 Å². The number of hydrogen-bond donors (Lipinski definition) is 0. The first kappa shape index (κ1) is 20.5. The highest BCUT2D eigenvalue weighted by molar-refractivity contribution is 7.93. The standard InChI is InChI=1S/C28H26P2/c1-29(25-15-7-3-8-16-25,26-17-9-4-10-18-26)23-24-30(2,27-19-11-5-12-20-27)28-21-13-6-14-22-28/h3-24H,1-2H2. The van der Waals surface area contributed by atoms with Gasteiger partial charge in [0.05, 0.1) is 0 Å². The Labute approximate surface area is 180 Å². The molecule has 0 fully saturated rings. The van der Waals surface area contributed by atoms with Crippen LogP contribution in [-0.2, 0) is 0 Å². The van der Waals surface area contributed by atoms with Crippen LogP contribution in [0.1, 0.15) is 0 Å². The van der Waals surface area contributed by atoms with Gasteiger partial charge in [0.15, 0.2) is 0 Å². The SMILES string of the molecule is C=P(C=CP(=C)(c1ccccc1)c1ccccc1)(c1ccccc1)c1ccccc1. The lowest BCUT2D eigenvalue weighted by molar-refractivity contribution is 1.75. The van der Waals surface area contributed by atoms with E-state index in [0.717, 1.165) is 0 Å². The molecule has 0 radical (unpaired) electrons. The Morgan fingerprint density at radius 3 is 0.767 bits per heavy atom. The largest absolute Gasteiger partial charge is 0.0892 e. The van der Waals surface area contributed by atoms with Crippen molar-refractivity contribution in [3.63, 3.8) is 0 Å². The first-order valence-corrected chi connectivity index (χ1v) is 14.1. The van der Waals surface area contributed by atoms with Crippen molar-refractivity contribution in [1.29, 1.82) is 0 Å². The summed E-state index contributed by atoms with van der Waals surface area (Å²) in [5, 5.41) is 5.11. The van der Waals surface area contributed by atoms with Gasteiger partial charge in [-0.05, 0) is 35.0 Å². The van der Waals surface area contributed by atoms with E-state index < -0.39 is 13.8 Å². The lowest BCUT2D eigenvalue weighted by atomic mass is 10.4. The molecule has 0 nitrogen and oxygen atoms in total. The summed E-state index contributed by atoms with van der Waals surface area (Å²) in [6, 6.07) is 42.7. The minimum absolute atomic E-state index is 1.28. The molecule has 0 aromatic heterocycles. The van der Waals surface area contributed by atoms with E-state index in [2.05, 4.69) is 133 Å². The van der Waals surface area contributed by atoms with E-state index in [9.17, 15) is 0 Å². The van der Waals surface area contributed by atoms with E-state index in [-0.39, 0.29) is 0 Å². The van der Waals surface area contributed by atoms with Gasteiger partial charge in [-0.25, -0.2) is 0 Å². The number of hydrogen-bond acceptors (Lipinski definition) is 0. The normalized spacial score (nSPS) is 12.1. The lowest BCUT2D eigenvalue weighted by Crippen LogP contribution is -2.16. The molecule has 0 bridgehead atoms. The highest BCUT2D eigenvalue weighted by Crippen LogP contribution is 2.51. The summed E-state index contributed by atoms with van der Waals surface area (Å²) < 4.78 is 0. The molecule has 0 spiro atoms. The second kappa shape index (κ2) is 8.93. The second-order valence-corrected chi connectivity index (χ2v) is 13.5. The Morgan fingerprint density at radius 2 is 0.567 bits per heavy atom. The third-order valence-corrected chi connectivity index (χ3v) is 11.9. The van der Waals surface area contributed by atoms with E-state index in [1.54, 1.807) is 0 Å². The molecule has 0 saturated carbocycles. The van der Waals surface area contributed by atoms with Gasteiger partial charge in [0.1, 0.15) is 0 Å². The van der Waals surface area contributed by atoms with E-state index in [0.29, 0.717) is 0 Å². The maximum absolute atomic E-state index is 4.81. The summed E-state index contributed by atoms with van der Waals surface area (Å²) in [6.07, 6.45) is 9.63. The van der Waals surface area contributed by atoms with Gasteiger partial charge in [-0.1, -0.05) is 146 Å². The number of rotatable bonds is 6. The van der Waals surface area contributed by atoms with E-state index >= 15 is 0 Å². The van der Waals surface area contributed by atoms with Crippen LogP contribution >= 0.6 is 13.8 Å². The average Bonchev–Trinajstić information content (AvgIpc) is 2.84. The smallest absolute Gasteiger partial charge is 0.0171 e. The highest BCUT2D eigenvalue weighted by Gasteiger charge is 2.20. The molecule has 148 valence electrons. The zero-order chi connectivity index (χ0) is 20.9. The molecule has 0 atom stereocenters. The van der Waals surface area contributed by atoms with Crippen LogP contribution in [0.25, 0.3) is 0 Å². The van der Waals surface area contributed by atoms with Crippen molar-refractivity contribution in [2.45, 2.75) is 0 Å². The Morgan fingerprint density at radius 1 is 0.367 bits per heavy atom. The predicted octanol–water partition coefficient (Wildman–Crippen LogP) is 5.66. The zero-order valence-corrected chi connectivity index (χ0v) is 18.8. The van der Waals surface area contributed by atoms with Gasteiger partial charge in [-0.3, -0.25) is 0 Å². The Balaban J connectivity index is 1.90. The fourth-order valence-electron chi connectivity index (χ4n) is 3.65. The van der Waals surface area contributed by atoms with Gasteiger partial charge < -0.3 is 0 Å². The summed E-state index contributed by atoms with van der Waals surface area (Å²) in [7, 11) is 0. The van der Waals surface area contributed by atoms with Crippen LogP contribution in [0.5, 0.6) is 0 Å². The monoisotopic (exact) mass is 424 g/mol. The molecule has 0 heterocycles. The Hall–Kier alpha value is -2.78. The second-order valence-electron chi connectivity index (χ2n) is 7.38. The van der Waals surface area contributed by atoms with Crippen molar-refractivity contribution in [2.75, 3.05) is 0 Å². The van der Waals surface area contributed by atoms with E-state index in [4.69, 9.17) is 12.6 Å². The zero-order valence-electron chi connectivity index (χ0n) is 17.0. The molecule has 0 amide bonds. The molecule has 0 unspecified atom stereocenters. The molecule has 0 aliphatic heterocycles. The molecule has 4 rings (SSSR count). The Bertz CT molecular complexity index is 1020. The fourth-order valence-corrected chi connectivity index (χ4v) is 9.57. The van der Waals surface area contributed by atoms with E-state index in [1.165, 1.54) is 21.2 Å². The van der Waals surface area contributed by atoms with Crippen molar-refractivity contribution in [2.24, 2.45) is 0 Å². The van der Waals surface area contributed by atoms with Gasteiger partial charge in [0.25, 0.3) is 0 Å². The van der Waals surface area contributed by atoms with Crippen molar-refractivity contribution in [1.82, 2.24) is 0 Å².